The maximum atomic E-state index is 12.3. The number of carbonyl (C=O) groups excluding carboxylic acids is 1. The van der Waals surface area contributed by atoms with Crippen molar-refractivity contribution in [1.82, 2.24) is 10.2 Å². The van der Waals surface area contributed by atoms with Gasteiger partial charge in [-0.05, 0) is 32.3 Å². The van der Waals surface area contributed by atoms with Gasteiger partial charge < -0.3 is 10.2 Å². The normalized spacial score (nSPS) is 16.0. The third-order valence-corrected chi connectivity index (χ3v) is 3.92. The van der Waals surface area contributed by atoms with Gasteiger partial charge in [0.2, 0.25) is 5.91 Å². The lowest BCUT2D eigenvalue weighted by Gasteiger charge is -2.32. The molecule has 0 radical (unpaired) electrons. The number of rotatable bonds is 4. The second kappa shape index (κ2) is 6.84. The number of hydrogen-bond donors (Lipinski definition) is 1. The minimum absolute atomic E-state index is 0.232. The van der Waals surface area contributed by atoms with Crippen LogP contribution in [0.2, 0.25) is 0 Å². The molecule has 3 nitrogen and oxygen atoms in total. The second-order valence-electron chi connectivity index (χ2n) is 5.61. The summed E-state index contributed by atoms with van der Waals surface area (Å²) in [4.78, 5) is 14.3. The van der Waals surface area contributed by atoms with Crippen LogP contribution < -0.4 is 5.32 Å². The third kappa shape index (κ3) is 4.04. The van der Waals surface area contributed by atoms with Crippen molar-refractivity contribution in [3.05, 3.63) is 34.9 Å². The second-order valence-corrected chi connectivity index (χ2v) is 5.85. The first-order valence-corrected chi connectivity index (χ1v) is 7.60. The highest BCUT2D eigenvalue weighted by Gasteiger charge is 2.22. The molecule has 0 bridgehead atoms. The Morgan fingerprint density at radius 3 is 2.45 bits per heavy atom. The Morgan fingerprint density at radius 1 is 1.30 bits per heavy atom. The van der Waals surface area contributed by atoms with E-state index in [1.165, 1.54) is 11.1 Å². The minimum atomic E-state index is 0.232. The van der Waals surface area contributed by atoms with E-state index in [9.17, 15) is 4.79 Å². The molecular formula is C16H22N2OS. The quantitative estimate of drug-likeness (QED) is 0.864. The van der Waals surface area contributed by atoms with Crippen LogP contribution in [0.1, 0.15) is 29.5 Å². The van der Waals surface area contributed by atoms with E-state index in [-0.39, 0.29) is 5.91 Å². The van der Waals surface area contributed by atoms with E-state index in [1.54, 1.807) is 5.49 Å². The molecule has 1 aromatic rings. The van der Waals surface area contributed by atoms with Crippen LogP contribution in [-0.4, -0.2) is 35.4 Å². The number of benzene rings is 1. The van der Waals surface area contributed by atoms with Crippen LogP contribution in [0.4, 0.5) is 0 Å². The van der Waals surface area contributed by atoms with Gasteiger partial charge in [-0.15, -0.1) is 0 Å². The van der Waals surface area contributed by atoms with E-state index in [0.29, 0.717) is 12.5 Å². The summed E-state index contributed by atoms with van der Waals surface area (Å²) in [6.45, 7) is 5.79. The summed E-state index contributed by atoms with van der Waals surface area (Å²) in [5.41, 5.74) is 5.14. The molecule has 1 aliphatic heterocycles. The Balaban J connectivity index is 1.91. The van der Waals surface area contributed by atoms with Crippen LogP contribution in [0, 0.1) is 13.8 Å². The molecule has 0 spiro atoms. The van der Waals surface area contributed by atoms with Crippen molar-refractivity contribution in [3.8, 4) is 0 Å². The zero-order valence-electron chi connectivity index (χ0n) is 12.2. The molecular weight excluding hydrogens is 268 g/mol. The van der Waals surface area contributed by atoms with Crippen molar-refractivity contribution in [3.63, 3.8) is 0 Å². The van der Waals surface area contributed by atoms with Gasteiger partial charge in [-0.1, -0.05) is 41.5 Å². The van der Waals surface area contributed by atoms with Gasteiger partial charge in [0.1, 0.15) is 0 Å². The highest BCUT2D eigenvalue weighted by molar-refractivity contribution is 7.78. The molecule has 1 aromatic carbocycles. The zero-order valence-corrected chi connectivity index (χ0v) is 13.0. The minimum Gasteiger partial charge on any atom is -0.379 e. The van der Waals surface area contributed by atoms with E-state index in [1.807, 2.05) is 4.90 Å². The molecule has 0 unspecified atom stereocenters. The van der Waals surface area contributed by atoms with Crippen LogP contribution in [0.25, 0.3) is 0 Å². The van der Waals surface area contributed by atoms with Gasteiger partial charge in [0.05, 0.1) is 11.9 Å². The Hall–Kier alpha value is -1.42. The average Bonchev–Trinajstić information content (AvgIpc) is 2.38. The number of carbonyl (C=O) groups is 1. The molecule has 0 aliphatic carbocycles. The molecule has 2 rings (SSSR count). The lowest BCUT2D eigenvalue weighted by Crippen LogP contribution is -2.44. The molecule has 1 aliphatic rings. The van der Waals surface area contributed by atoms with Gasteiger partial charge in [-0.25, -0.2) is 0 Å². The first-order chi connectivity index (χ1) is 9.58. The molecule has 1 heterocycles. The largest absolute Gasteiger partial charge is 0.379 e. The number of nitrogens with zero attached hydrogens (tertiary/aromatic N) is 1. The smallest absolute Gasteiger partial charge is 0.226 e. The van der Waals surface area contributed by atoms with E-state index >= 15 is 0 Å². The topological polar surface area (TPSA) is 32.3 Å². The van der Waals surface area contributed by atoms with Crippen LogP contribution in [0.5, 0.6) is 0 Å². The fourth-order valence-corrected chi connectivity index (χ4v) is 3.04. The summed E-state index contributed by atoms with van der Waals surface area (Å²) in [6.07, 6.45) is 2.46. The summed E-state index contributed by atoms with van der Waals surface area (Å²) < 4.78 is 0. The molecule has 1 saturated heterocycles. The summed E-state index contributed by atoms with van der Waals surface area (Å²) in [6, 6.07) is 6.77. The Kier molecular flexibility index (Phi) is 5.12. The highest BCUT2D eigenvalue weighted by atomic mass is 32.1. The van der Waals surface area contributed by atoms with Crippen molar-refractivity contribution in [1.29, 1.82) is 0 Å². The molecule has 0 aromatic heterocycles. The maximum Gasteiger partial charge on any atom is 0.226 e. The molecule has 20 heavy (non-hydrogen) atoms. The predicted octanol–water partition coefficient (Wildman–Crippen LogP) is 2.38. The van der Waals surface area contributed by atoms with E-state index < -0.39 is 0 Å². The zero-order chi connectivity index (χ0) is 14.5. The Morgan fingerprint density at radius 2 is 1.90 bits per heavy atom. The van der Waals surface area contributed by atoms with Gasteiger partial charge in [0.25, 0.3) is 0 Å². The highest BCUT2D eigenvalue weighted by Crippen LogP contribution is 2.14. The SMILES string of the molecule is Cc1cc(C)cc(CC(=O)N2CCC(NC=S)CC2)c1. The standard InChI is InChI=1S/C16H22N2OS/c1-12-7-13(2)9-14(8-12)10-16(19)18-5-3-15(4-6-18)17-11-20/h7-9,11,15H,3-6,10H2,1-2H3,(H,17,20). The van der Waals surface area contributed by atoms with Crippen LogP contribution in [-0.2, 0) is 11.2 Å². The van der Waals surface area contributed by atoms with E-state index in [2.05, 4.69) is 37.4 Å². The lowest BCUT2D eigenvalue weighted by atomic mass is 10.0. The molecule has 1 fully saturated rings. The molecule has 1 N–H and O–H groups in total. The van der Waals surface area contributed by atoms with Gasteiger partial charge in [0, 0.05) is 19.1 Å². The predicted molar refractivity (Wildman–Crippen MR) is 86.0 cm³/mol. The summed E-state index contributed by atoms with van der Waals surface area (Å²) in [5, 5.41) is 3.16. The van der Waals surface area contributed by atoms with Crippen molar-refractivity contribution in [2.24, 2.45) is 0 Å². The van der Waals surface area contributed by atoms with Crippen molar-refractivity contribution >= 4 is 23.6 Å². The van der Waals surface area contributed by atoms with Gasteiger partial charge in [-0.3, -0.25) is 4.79 Å². The number of piperidine rings is 1. The van der Waals surface area contributed by atoms with Gasteiger partial charge >= 0.3 is 0 Å². The van der Waals surface area contributed by atoms with Crippen LogP contribution >= 0.6 is 12.2 Å². The first kappa shape index (κ1) is 15.0. The van der Waals surface area contributed by atoms with Crippen molar-refractivity contribution in [2.75, 3.05) is 13.1 Å². The fourth-order valence-electron chi connectivity index (χ4n) is 2.85. The summed E-state index contributed by atoms with van der Waals surface area (Å²) >= 11 is 4.81. The average molecular weight is 290 g/mol. The fraction of sp³-hybridized carbons (Fsp3) is 0.500. The monoisotopic (exact) mass is 290 g/mol. The number of thiocarbonyl (C=S) groups is 1. The number of hydrogen-bond acceptors (Lipinski definition) is 2. The molecule has 4 heteroatoms. The van der Waals surface area contributed by atoms with E-state index in [0.717, 1.165) is 31.5 Å². The number of nitrogens with one attached hydrogen (secondary N) is 1. The Labute approximate surface area is 126 Å². The number of amides is 1. The Bertz CT molecular complexity index is 473. The molecule has 0 atom stereocenters. The third-order valence-electron chi connectivity index (χ3n) is 3.79. The van der Waals surface area contributed by atoms with E-state index in [4.69, 9.17) is 12.2 Å². The van der Waals surface area contributed by atoms with Gasteiger partial charge in [0.15, 0.2) is 0 Å². The van der Waals surface area contributed by atoms with Crippen molar-refractivity contribution in [2.45, 2.75) is 39.2 Å². The molecule has 1 amide bonds. The lowest BCUT2D eigenvalue weighted by molar-refractivity contribution is -0.131. The molecule has 0 saturated carbocycles. The number of likely N-dealkylation sites (tertiary alicyclic amines) is 1. The summed E-state index contributed by atoms with van der Waals surface area (Å²) in [5.74, 6) is 0.232. The van der Waals surface area contributed by atoms with Crippen LogP contribution in [0.3, 0.4) is 0 Å². The number of aryl methyl sites for hydroxylation is 2. The van der Waals surface area contributed by atoms with Gasteiger partial charge in [-0.2, -0.15) is 0 Å². The first-order valence-electron chi connectivity index (χ1n) is 7.13. The van der Waals surface area contributed by atoms with Crippen LogP contribution in [0.15, 0.2) is 18.2 Å². The van der Waals surface area contributed by atoms with Crippen molar-refractivity contribution < 1.29 is 4.79 Å². The summed E-state index contributed by atoms with van der Waals surface area (Å²) in [7, 11) is 0. The molecule has 108 valence electrons. The maximum absolute atomic E-state index is 12.3.